The van der Waals surface area contributed by atoms with Crippen LogP contribution in [0.5, 0.6) is 0 Å². The number of carbonyl (C=O) groups excluding carboxylic acids is 1. The summed E-state index contributed by atoms with van der Waals surface area (Å²) >= 11 is 0. The van der Waals surface area contributed by atoms with E-state index in [9.17, 15) is 4.79 Å². The maximum atomic E-state index is 12.6. The molecule has 3 aromatic rings. The van der Waals surface area contributed by atoms with Gasteiger partial charge in [-0.3, -0.25) is 9.78 Å². The first-order valence-electron chi connectivity index (χ1n) is 7.66. The third-order valence-electron chi connectivity index (χ3n) is 3.66. The molecule has 3 N–H and O–H groups in total. The van der Waals surface area contributed by atoms with Crippen LogP contribution in [0.3, 0.4) is 0 Å². The molecule has 0 unspecified atom stereocenters. The van der Waals surface area contributed by atoms with E-state index in [1.54, 1.807) is 29.1 Å². The van der Waals surface area contributed by atoms with Crippen LogP contribution in [0.4, 0.5) is 5.69 Å². The molecule has 0 fully saturated rings. The number of hydrogen-bond acceptors (Lipinski definition) is 4. The predicted octanol–water partition coefficient (Wildman–Crippen LogP) is 2.40. The Bertz CT molecular complexity index is 885. The second-order valence-corrected chi connectivity index (χ2v) is 5.62. The Morgan fingerprint density at radius 3 is 2.71 bits per heavy atom. The Kier molecular flexibility index (Phi) is 4.29. The number of carbonyl (C=O) groups is 1. The summed E-state index contributed by atoms with van der Waals surface area (Å²) in [4.78, 5) is 16.8. The fourth-order valence-corrected chi connectivity index (χ4v) is 2.58. The van der Waals surface area contributed by atoms with Crippen molar-refractivity contribution in [2.24, 2.45) is 0 Å². The van der Waals surface area contributed by atoms with Crippen molar-refractivity contribution in [1.82, 2.24) is 20.1 Å². The molecule has 6 heteroatoms. The molecule has 0 bridgehead atoms. The van der Waals surface area contributed by atoms with Crippen LogP contribution >= 0.6 is 0 Å². The smallest absolute Gasteiger partial charge is 0.253 e. The van der Waals surface area contributed by atoms with Crippen LogP contribution in [-0.2, 0) is 6.54 Å². The summed E-state index contributed by atoms with van der Waals surface area (Å²) in [5.41, 5.74) is 10.3. The lowest BCUT2D eigenvalue weighted by atomic mass is 10.1. The third kappa shape index (κ3) is 3.27. The lowest BCUT2D eigenvalue weighted by Crippen LogP contribution is -2.25. The topological polar surface area (TPSA) is 85.8 Å². The second kappa shape index (κ2) is 6.54. The van der Waals surface area contributed by atoms with Crippen molar-refractivity contribution in [3.8, 4) is 5.69 Å². The first kappa shape index (κ1) is 15.7. The number of nitrogens with zero attached hydrogens (tertiary/aromatic N) is 3. The van der Waals surface area contributed by atoms with Crippen LogP contribution < -0.4 is 11.1 Å². The number of anilines is 1. The molecule has 0 aliphatic rings. The minimum atomic E-state index is -0.178. The minimum absolute atomic E-state index is 0.178. The number of pyridine rings is 1. The van der Waals surface area contributed by atoms with Gasteiger partial charge in [0.25, 0.3) is 5.91 Å². The molecule has 2 aromatic heterocycles. The second-order valence-electron chi connectivity index (χ2n) is 5.62. The molecule has 0 spiro atoms. The maximum absolute atomic E-state index is 12.6. The number of nitrogens with two attached hydrogens (primary N) is 1. The zero-order chi connectivity index (χ0) is 17.1. The van der Waals surface area contributed by atoms with Crippen molar-refractivity contribution in [2.45, 2.75) is 20.4 Å². The summed E-state index contributed by atoms with van der Waals surface area (Å²) in [6.07, 6.45) is 1.63. The van der Waals surface area contributed by atoms with E-state index in [1.807, 2.05) is 38.1 Å². The van der Waals surface area contributed by atoms with Gasteiger partial charge in [0.05, 0.1) is 29.2 Å². The number of rotatable bonds is 4. The lowest BCUT2D eigenvalue weighted by Gasteiger charge is -2.11. The van der Waals surface area contributed by atoms with E-state index in [0.29, 0.717) is 23.5 Å². The number of aryl methyl sites for hydroxylation is 2. The molecule has 3 rings (SSSR count). The van der Waals surface area contributed by atoms with Gasteiger partial charge in [-0.25, -0.2) is 4.68 Å². The summed E-state index contributed by atoms with van der Waals surface area (Å²) < 4.78 is 1.78. The predicted molar refractivity (Wildman–Crippen MR) is 92.9 cm³/mol. The van der Waals surface area contributed by atoms with Crippen LogP contribution in [0.2, 0.25) is 0 Å². The highest BCUT2D eigenvalue weighted by Gasteiger charge is 2.14. The average molecular weight is 321 g/mol. The SMILES string of the molecule is Cc1cc(C)n(-c2ccccc2C(=O)NCc2cc(N)ccn2)n1. The van der Waals surface area contributed by atoms with Gasteiger partial charge in [-0.15, -0.1) is 0 Å². The Hall–Kier alpha value is -3.15. The maximum Gasteiger partial charge on any atom is 0.253 e. The summed E-state index contributed by atoms with van der Waals surface area (Å²) in [6.45, 7) is 4.21. The number of nitrogens with one attached hydrogen (secondary N) is 1. The Morgan fingerprint density at radius 2 is 2.00 bits per heavy atom. The molecule has 1 aromatic carbocycles. The van der Waals surface area contributed by atoms with Crippen molar-refractivity contribution in [2.75, 3.05) is 5.73 Å². The van der Waals surface area contributed by atoms with Gasteiger partial charge in [-0.2, -0.15) is 5.10 Å². The van der Waals surface area contributed by atoms with Crippen LogP contribution in [0.1, 0.15) is 27.4 Å². The molecule has 6 nitrogen and oxygen atoms in total. The molecule has 122 valence electrons. The number of aromatic nitrogens is 3. The zero-order valence-corrected chi connectivity index (χ0v) is 13.7. The number of benzene rings is 1. The summed E-state index contributed by atoms with van der Waals surface area (Å²) in [7, 11) is 0. The van der Waals surface area contributed by atoms with E-state index in [4.69, 9.17) is 5.73 Å². The van der Waals surface area contributed by atoms with Crippen LogP contribution in [-0.4, -0.2) is 20.7 Å². The van der Waals surface area contributed by atoms with Gasteiger partial charge in [0.15, 0.2) is 0 Å². The Balaban J connectivity index is 1.84. The summed E-state index contributed by atoms with van der Waals surface area (Å²) in [5.74, 6) is -0.178. The Morgan fingerprint density at radius 1 is 1.21 bits per heavy atom. The van der Waals surface area contributed by atoms with Crippen molar-refractivity contribution in [3.63, 3.8) is 0 Å². The van der Waals surface area contributed by atoms with Gasteiger partial charge in [0.2, 0.25) is 0 Å². The van der Waals surface area contributed by atoms with Gasteiger partial charge in [-0.05, 0) is 44.2 Å². The molecular formula is C18H19N5O. The molecule has 0 radical (unpaired) electrons. The molecule has 2 heterocycles. The van der Waals surface area contributed by atoms with Crippen molar-refractivity contribution in [1.29, 1.82) is 0 Å². The highest BCUT2D eigenvalue weighted by atomic mass is 16.1. The summed E-state index contributed by atoms with van der Waals surface area (Å²) in [5, 5.41) is 7.34. The largest absolute Gasteiger partial charge is 0.399 e. The molecule has 0 atom stereocenters. The quantitative estimate of drug-likeness (QED) is 0.772. The van der Waals surface area contributed by atoms with Gasteiger partial charge >= 0.3 is 0 Å². The molecule has 24 heavy (non-hydrogen) atoms. The van der Waals surface area contributed by atoms with Gasteiger partial charge < -0.3 is 11.1 Å². The van der Waals surface area contributed by atoms with Gasteiger partial charge in [0.1, 0.15) is 0 Å². The fourth-order valence-electron chi connectivity index (χ4n) is 2.58. The van der Waals surface area contributed by atoms with E-state index in [1.165, 1.54) is 0 Å². The fraction of sp³-hybridized carbons (Fsp3) is 0.167. The number of amides is 1. The third-order valence-corrected chi connectivity index (χ3v) is 3.66. The first-order chi connectivity index (χ1) is 11.5. The molecule has 1 amide bonds. The normalized spacial score (nSPS) is 10.6. The summed E-state index contributed by atoms with van der Waals surface area (Å²) in [6, 6.07) is 12.8. The van der Waals surface area contributed by atoms with Crippen molar-refractivity contribution in [3.05, 3.63) is 71.3 Å². The van der Waals surface area contributed by atoms with E-state index in [0.717, 1.165) is 17.1 Å². The van der Waals surface area contributed by atoms with Crippen molar-refractivity contribution >= 4 is 11.6 Å². The number of nitrogen functional groups attached to an aromatic ring is 1. The van der Waals surface area contributed by atoms with E-state index in [-0.39, 0.29) is 5.91 Å². The first-order valence-corrected chi connectivity index (χ1v) is 7.66. The monoisotopic (exact) mass is 321 g/mol. The van der Waals surface area contributed by atoms with E-state index in [2.05, 4.69) is 15.4 Å². The molecule has 0 saturated carbocycles. The lowest BCUT2D eigenvalue weighted by molar-refractivity contribution is 0.0950. The van der Waals surface area contributed by atoms with Crippen LogP contribution in [0.15, 0.2) is 48.7 Å². The Labute approximate surface area is 140 Å². The molecule has 0 aliphatic heterocycles. The standard InChI is InChI=1S/C18H19N5O/c1-12-9-13(2)23(22-12)17-6-4-3-5-16(17)18(24)21-11-15-10-14(19)7-8-20-15/h3-10H,11H2,1-2H3,(H2,19,20)(H,21,24). The van der Waals surface area contributed by atoms with Crippen LogP contribution in [0.25, 0.3) is 5.69 Å². The molecule has 0 saturated heterocycles. The zero-order valence-electron chi connectivity index (χ0n) is 13.7. The number of hydrogen-bond donors (Lipinski definition) is 2. The minimum Gasteiger partial charge on any atom is -0.399 e. The highest BCUT2D eigenvalue weighted by Crippen LogP contribution is 2.17. The highest BCUT2D eigenvalue weighted by molar-refractivity contribution is 5.97. The van der Waals surface area contributed by atoms with Crippen molar-refractivity contribution < 1.29 is 4.79 Å². The van der Waals surface area contributed by atoms with Crippen LogP contribution in [0, 0.1) is 13.8 Å². The number of para-hydroxylation sites is 1. The average Bonchev–Trinajstić information content (AvgIpc) is 2.91. The van der Waals surface area contributed by atoms with E-state index >= 15 is 0 Å². The molecule has 0 aliphatic carbocycles. The molecular weight excluding hydrogens is 302 g/mol. The van der Waals surface area contributed by atoms with Gasteiger partial charge in [0, 0.05) is 17.6 Å². The van der Waals surface area contributed by atoms with Gasteiger partial charge in [-0.1, -0.05) is 12.1 Å². The van der Waals surface area contributed by atoms with E-state index < -0.39 is 0 Å².